The molecule has 166 valence electrons. The van der Waals surface area contributed by atoms with Crippen molar-refractivity contribution in [2.24, 2.45) is 5.41 Å². The van der Waals surface area contributed by atoms with Crippen LogP contribution in [0.3, 0.4) is 0 Å². The molecule has 31 heavy (non-hydrogen) atoms. The van der Waals surface area contributed by atoms with Crippen LogP contribution < -0.4 is 10.6 Å². The zero-order valence-corrected chi connectivity index (χ0v) is 18.4. The van der Waals surface area contributed by atoms with E-state index >= 15 is 0 Å². The van der Waals surface area contributed by atoms with Crippen LogP contribution >= 0.6 is 0 Å². The van der Waals surface area contributed by atoms with Crippen LogP contribution in [0.25, 0.3) is 11.1 Å². The third kappa shape index (κ3) is 5.67. The van der Waals surface area contributed by atoms with Gasteiger partial charge in [-0.1, -0.05) is 32.9 Å². The molecule has 1 heterocycles. The second kappa shape index (κ2) is 9.70. The first kappa shape index (κ1) is 24.0. The van der Waals surface area contributed by atoms with Gasteiger partial charge in [0.15, 0.2) is 0 Å². The number of hydrogen-bond donors (Lipinski definition) is 4. The topological polar surface area (TPSA) is 129 Å². The van der Waals surface area contributed by atoms with E-state index in [-0.39, 0.29) is 34.4 Å². The molecule has 2 rings (SSSR count). The molecule has 1 aromatic heterocycles. The third-order valence-corrected chi connectivity index (χ3v) is 4.92. The summed E-state index contributed by atoms with van der Waals surface area (Å²) < 4.78 is 0. The average molecular weight is 428 g/mol. The van der Waals surface area contributed by atoms with Gasteiger partial charge in [0, 0.05) is 23.4 Å². The van der Waals surface area contributed by atoms with E-state index in [4.69, 9.17) is 0 Å². The number of aliphatic hydroxyl groups is 1. The minimum Gasteiger partial charge on any atom is -0.478 e. The number of aryl methyl sites for hydroxylation is 1. The quantitative estimate of drug-likeness (QED) is 0.538. The third-order valence-electron chi connectivity index (χ3n) is 4.92. The van der Waals surface area contributed by atoms with Crippen LogP contribution in [-0.2, 0) is 0 Å². The highest BCUT2D eigenvalue weighted by Crippen LogP contribution is 2.28. The van der Waals surface area contributed by atoms with Crippen molar-refractivity contribution >= 4 is 17.8 Å². The van der Waals surface area contributed by atoms with E-state index < -0.39 is 23.8 Å². The fraction of sp³-hybridized carbons (Fsp3) is 0.391. The molecule has 2 amide bonds. The predicted molar refractivity (Wildman–Crippen MR) is 117 cm³/mol. The predicted octanol–water partition coefficient (Wildman–Crippen LogP) is 2.64. The minimum atomic E-state index is -1.23. The van der Waals surface area contributed by atoms with Crippen LogP contribution in [0.4, 0.5) is 0 Å². The zero-order chi connectivity index (χ0) is 23.3. The summed E-state index contributed by atoms with van der Waals surface area (Å²) in [6, 6.07) is 7.10. The molecule has 0 aliphatic rings. The van der Waals surface area contributed by atoms with Crippen molar-refractivity contribution in [2.75, 3.05) is 13.2 Å². The van der Waals surface area contributed by atoms with Gasteiger partial charge in [-0.3, -0.25) is 9.59 Å². The van der Waals surface area contributed by atoms with Gasteiger partial charge in [0.2, 0.25) is 0 Å². The van der Waals surface area contributed by atoms with Crippen molar-refractivity contribution in [1.82, 2.24) is 15.6 Å². The fourth-order valence-corrected chi connectivity index (χ4v) is 3.07. The number of pyridine rings is 1. The molecule has 0 spiro atoms. The summed E-state index contributed by atoms with van der Waals surface area (Å²) in [5.41, 5.74) is 1.03. The van der Waals surface area contributed by atoms with E-state index in [1.807, 2.05) is 20.8 Å². The standard InChI is InChI=1S/C23H29N3O5/c1-6-24-21(29)19-16(9-7-13(2)25-19)15-10-8-14(11-17(15)22(30)31)20(28)26-18(12-27)23(3,4)5/h7-11,18,27H,6,12H2,1-5H3,(H,24,29)(H,26,28)(H,30,31)/t18-/m1/s1. The number of aromatic nitrogens is 1. The Labute approximate surface area is 181 Å². The Morgan fingerprint density at radius 3 is 2.26 bits per heavy atom. The number of carbonyl (C=O) groups excluding carboxylic acids is 2. The average Bonchev–Trinajstić information content (AvgIpc) is 2.70. The van der Waals surface area contributed by atoms with Crippen molar-refractivity contribution in [3.05, 3.63) is 52.8 Å². The Morgan fingerprint density at radius 2 is 1.71 bits per heavy atom. The first-order chi connectivity index (χ1) is 14.5. The number of rotatable bonds is 7. The van der Waals surface area contributed by atoms with Gasteiger partial charge in [-0.15, -0.1) is 0 Å². The summed E-state index contributed by atoms with van der Waals surface area (Å²) in [7, 11) is 0. The molecule has 0 radical (unpaired) electrons. The smallest absolute Gasteiger partial charge is 0.336 e. The summed E-state index contributed by atoms with van der Waals surface area (Å²) in [6.07, 6.45) is 0. The number of aliphatic hydroxyl groups excluding tert-OH is 1. The molecule has 0 unspecified atom stereocenters. The van der Waals surface area contributed by atoms with Crippen molar-refractivity contribution < 1.29 is 24.6 Å². The zero-order valence-electron chi connectivity index (χ0n) is 18.4. The summed E-state index contributed by atoms with van der Waals surface area (Å²) in [5, 5.41) is 24.8. The van der Waals surface area contributed by atoms with Gasteiger partial charge in [-0.2, -0.15) is 0 Å². The lowest BCUT2D eigenvalue weighted by molar-refractivity contribution is 0.0697. The molecule has 0 fully saturated rings. The molecule has 0 saturated heterocycles. The van der Waals surface area contributed by atoms with Gasteiger partial charge >= 0.3 is 5.97 Å². The largest absolute Gasteiger partial charge is 0.478 e. The normalized spacial score (nSPS) is 12.2. The molecule has 0 aliphatic carbocycles. The van der Waals surface area contributed by atoms with Crippen molar-refractivity contribution in [1.29, 1.82) is 0 Å². The van der Waals surface area contributed by atoms with E-state index in [0.717, 1.165) is 0 Å². The molecule has 0 saturated carbocycles. The molecule has 0 bridgehead atoms. The second-order valence-electron chi connectivity index (χ2n) is 8.35. The van der Waals surface area contributed by atoms with Gasteiger partial charge in [0.25, 0.3) is 11.8 Å². The van der Waals surface area contributed by atoms with E-state index in [1.165, 1.54) is 18.2 Å². The maximum absolute atomic E-state index is 12.7. The van der Waals surface area contributed by atoms with Crippen LogP contribution in [0.5, 0.6) is 0 Å². The van der Waals surface area contributed by atoms with Gasteiger partial charge in [0.05, 0.1) is 18.2 Å². The van der Waals surface area contributed by atoms with E-state index in [2.05, 4.69) is 15.6 Å². The summed E-state index contributed by atoms with van der Waals surface area (Å²) in [5.74, 6) is -2.13. The molecule has 2 aromatic rings. The monoisotopic (exact) mass is 427 g/mol. The lowest BCUT2D eigenvalue weighted by atomic mass is 9.87. The number of aromatic carboxylic acids is 1. The molecule has 8 heteroatoms. The Morgan fingerprint density at radius 1 is 1.06 bits per heavy atom. The number of nitrogens with zero attached hydrogens (tertiary/aromatic N) is 1. The molecule has 1 atom stereocenters. The molecule has 1 aromatic carbocycles. The second-order valence-corrected chi connectivity index (χ2v) is 8.35. The summed E-state index contributed by atoms with van der Waals surface area (Å²) in [4.78, 5) is 41.5. The molecule has 8 nitrogen and oxygen atoms in total. The van der Waals surface area contributed by atoms with Gasteiger partial charge in [-0.05, 0) is 43.0 Å². The maximum atomic E-state index is 12.7. The van der Waals surface area contributed by atoms with Crippen LogP contribution in [0.15, 0.2) is 30.3 Å². The lowest BCUT2D eigenvalue weighted by Crippen LogP contribution is -2.46. The van der Waals surface area contributed by atoms with Gasteiger partial charge in [-0.25, -0.2) is 9.78 Å². The Hall–Kier alpha value is -3.26. The van der Waals surface area contributed by atoms with Crippen molar-refractivity contribution in [3.8, 4) is 11.1 Å². The SMILES string of the molecule is CCNC(=O)c1nc(C)ccc1-c1ccc(C(=O)N[C@H](CO)C(C)(C)C)cc1C(=O)O. The lowest BCUT2D eigenvalue weighted by Gasteiger charge is -2.29. The minimum absolute atomic E-state index is 0.120. The van der Waals surface area contributed by atoms with Crippen molar-refractivity contribution in [2.45, 2.75) is 40.7 Å². The van der Waals surface area contributed by atoms with E-state index in [0.29, 0.717) is 17.8 Å². The number of hydrogen-bond acceptors (Lipinski definition) is 5. The van der Waals surface area contributed by atoms with Crippen LogP contribution in [-0.4, -0.2) is 52.2 Å². The first-order valence-corrected chi connectivity index (χ1v) is 10.0. The fourth-order valence-electron chi connectivity index (χ4n) is 3.07. The van der Waals surface area contributed by atoms with Crippen LogP contribution in [0.1, 0.15) is 64.6 Å². The number of carbonyl (C=O) groups is 3. The molecule has 0 aliphatic heterocycles. The number of carboxylic acid groups (broad SMARTS) is 1. The Balaban J connectivity index is 2.53. The van der Waals surface area contributed by atoms with Crippen LogP contribution in [0, 0.1) is 12.3 Å². The van der Waals surface area contributed by atoms with Crippen molar-refractivity contribution in [3.63, 3.8) is 0 Å². The highest BCUT2D eigenvalue weighted by molar-refractivity contribution is 6.05. The summed E-state index contributed by atoms with van der Waals surface area (Å²) in [6.45, 7) is 9.32. The number of benzene rings is 1. The molecular formula is C23H29N3O5. The van der Waals surface area contributed by atoms with Gasteiger partial charge in [0.1, 0.15) is 5.69 Å². The van der Waals surface area contributed by atoms with Crippen LogP contribution in [0.2, 0.25) is 0 Å². The summed E-state index contributed by atoms with van der Waals surface area (Å²) >= 11 is 0. The maximum Gasteiger partial charge on any atom is 0.336 e. The van der Waals surface area contributed by atoms with E-state index in [9.17, 15) is 24.6 Å². The Bertz CT molecular complexity index is 995. The first-order valence-electron chi connectivity index (χ1n) is 10.0. The van der Waals surface area contributed by atoms with Gasteiger partial charge < -0.3 is 20.8 Å². The number of amides is 2. The number of nitrogens with one attached hydrogen (secondary N) is 2. The molecular weight excluding hydrogens is 398 g/mol. The highest BCUT2D eigenvalue weighted by atomic mass is 16.4. The molecule has 4 N–H and O–H groups in total. The Kier molecular flexibility index (Phi) is 7.51. The van der Waals surface area contributed by atoms with E-state index in [1.54, 1.807) is 26.0 Å². The highest BCUT2D eigenvalue weighted by Gasteiger charge is 2.27. The number of carboxylic acids is 1.